The number of hydrogen-bond donors (Lipinski definition) is 2. The highest BCUT2D eigenvalue weighted by atomic mass is 32.1. The summed E-state index contributed by atoms with van der Waals surface area (Å²) in [5.74, 6) is 0. The monoisotopic (exact) mass is 258 g/mol. The summed E-state index contributed by atoms with van der Waals surface area (Å²) >= 11 is 1.82. The summed E-state index contributed by atoms with van der Waals surface area (Å²) < 4.78 is 0. The Morgan fingerprint density at radius 2 is 2.28 bits per heavy atom. The molecule has 2 aromatic rings. The van der Waals surface area contributed by atoms with Crippen molar-refractivity contribution >= 4 is 17.0 Å². The van der Waals surface area contributed by atoms with Gasteiger partial charge in [-0.1, -0.05) is 12.1 Å². The van der Waals surface area contributed by atoms with Gasteiger partial charge in [0.1, 0.15) is 0 Å². The molecule has 0 amide bonds. The minimum atomic E-state index is 0.415. The molecule has 1 unspecified atom stereocenters. The van der Waals surface area contributed by atoms with Crippen molar-refractivity contribution in [3.63, 3.8) is 0 Å². The van der Waals surface area contributed by atoms with Gasteiger partial charge >= 0.3 is 0 Å². The predicted octanol–water partition coefficient (Wildman–Crippen LogP) is 3.67. The number of hydrogen-bond acceptors (Lipinski definition) is 3. The van der Waals surface area contributed by atoms with Gasteiger partial charge in [0.25, 0.3) is 0 Å². The molecule has 3 heteroatoms. The maximum Gasteiger partial charge on any atom is 0.0391 e. The summed E-state index contributed by atoms with van der Waals surface area (Å²) in [6, 6.07) is 11.5. The number of nitrogen functional groups attached to an aromatic ring is 1. The summed E-state index contributed by atoms with van der Waals surface area (Å²) in [5, 5.41) is 5.86. The minimum Gasteiger partial charge on any atom is -0.399 e. The molecule has 0 spiro atoms. The van der Waals surface area contributed by atoms with Crippen LogP contribution in [0.3, 0.4) is 0 Å². The normalized spacial score (nSPS) is 19.7. The van der Waals surface area contributed by atoms with Crippen molar-refractivity contribution in [1.82, 2.24) is 5.32 Å². The average Bonchev–Trinajstić information content (AvgIpc) is 2.98. The Morgan fingerprint density at radius 1 is 1.39 bits per heavy atom. The Balaban J connectivity index is 1.77. The number of benzene rings is 1. The highest BCUT2D eigenvalue weighted by Gasteiger charge is 2.24. The van der Waals surface area contributed by atoms with Gasteiger partial charge in [-0.15, -0.1) is 11.3 Å². The molecule has 1 aromatic heterocycles. The van der Waals surface area contributed by atoms with E-state index in [0.29, 0.717) is 12.1 Å². The van der Waals surface area contributed by atoms with Crippen LogP contribution >= 0.6 is 11.3 Å². The van der Waals surface area contributed by atoms with Crippen molar-refractivity contribution in [2.75, 3.05) is 5.73 Å². The zero-order valence-electron chi connectivity index (χ0n) is 10.5. The minimum absolute atomic E-state index is 0.415. The number of fused-ring (bicyclic) bond motifs is 1. The number of nitrogens with one attached hydrogen (secondary N) is 1. The molecule has 0 radical (unpaired) electrons. The van der Waals surface area contributed by atoms with E-state index < -0.39 is 0 Å². The lowest BCUT2D eigenvalue weighted by Gasteiger charge is -2.19. The van der Waals surface area contributed by atoms with Gasteiger partial charge in [-0.25, -0.2) is 0 Å². The van der Waals surface area contributed by atoms with E-state index in [1.54, 1.807) is 0 Å². The third-order valence-corrected chi connectivity index (χ3v) is 4.72. The Hall–Kier alpha value is -1.32. The molecule has 1 aromatic carbocycles. The summed E-state index contributed by atoms with van der Waals surface area (Å²) in [6.07, 6.45) is 2.31. The van der Waals surface area contributed by atoms with Crippen LogP contribution in [0.5, 0.6) is 0 Å². The summed E-state index contributed by atoms with van der Waals surface area (Å²) in [5.41, 5.74) is 9.54. The van der Waals surface area contributed by atoms with Crippen molar-refractivity contribution in [3.8, 4) is 0 Å². The van der Waals surface area contributed by atoms with Crippen LogP contribution in [0.1, 0.15) is 41.4 Å². The van der Waals surface area contributed by atoms with E-state index in [1.807, 2.05) is 17.4 Å². The molecule has 1 aliphatic carbocycles. The van der Waals surface area contributed by atoms with Crippen LogP contribution in [-0.4, -0.2) is 0 Å². The lowest BCUT2D eigenvalue weighted by atomic mass is 10.1. The van der Waals surface area contributed by atoms with Crippen LogP contribution in [0, 0.1) is 0 Å². The second kappa shape index (κ2) is 4.75. The Bertz CT molecular complexity index is 533. The van der Waals surface area contributed by atoms with Crippen LogP contribution in [-0.2, 0) is 6.42 Å². The molecular weight excluding hydrogens is 240 g/mol. The standard InChI is InChI=1S/C15H18N2S/c1-10(15-3-2-8-18-15)17-14-7-4-11-9-12(16)5-6-13(11)14/h2-3,5-6,8-10,14,17H,4,7,16H2,1H3/t10-,14?/m0/s1. The molecule has 0 bridgehead atoms. The zero-order valence-corrected chi connectivity index (χ0v) is 11.3. The van der Waals surface area contributed by atoms with Crippen LogP contribution < -0.4 is 11.1 Å². The van der Waals surface area contributed by atoms with E-state index in [9.17, 15) is 0 Å². The topological polar surface area (TPSA) is 38.0 Å². The molecule has 0 saturated carbocycles. The highest BCUT2D eigenvalue weighted by Crippen LogP contribution is 2.34. The number of anilines is 1. The Morgan fingerprint density at radius 3 is 3.06 bits per heavy atom. The molecule has 2 atom stereocenters. The first-order valence-corrected chi connectivity index (χ1v) is 7.30. The van der Waals surface area contributed by atoms with Crippen molar-refractivity contribution in [3.05, 3.63) is 51.7 Å². The highest BCUT2D eigenvalue weighted by molar-refractivity contribution is 7.10. The predicted molar refractivity (Wildman–Crippen MR) is 77.8 cm³/mol. The molecular formula is C15H18N2S. The molecule has 3 rings (SSSR count). The van der Waals surface area contributed by atoms with Crippen molar-refractivity contribution < 1.29 is 0 Å². The van der Waals surface area contributed by atoms with Gasteiger partial charge in [-0.2, -0.15) is 0 Å². The smallest absolute Gasteiger partial charge is 0.0391 e. The van der Waals surface area contributed by atoms with Crippen LogP contribution in [0.15, 0.2) is 35.7 Å². The summed E-state index contributed by atoms with van der Waals surface area (Å²) in [4.78, 5) is 1.40. The fourth-order valence-corrected chi connectivity index (χ4v) is 3.48. The maximum atomic E-state index is 5.84. The third kappa shape index (κ3) is 2.16. The van der Waals surface area contributed by atoms with Crippen LogP contribution in [0.4, 0.5) is 5.69 Å². The van der Waals surface area contributed by atoms with Crippen LogP contribution in [0.2, 0.25) is 0 Å². The number of rotatable bonds is 3. The molecule has 3 N–H and O–H groups in total. The van der Waals surface area contributed by atoms with Gasteiger partial charge in [-0.05, 0) is 54.5 Å². The average molecular weight is 258 g/mol. The number of nitrogens with two attached hydrogens (primary N) is 1. The number of aryl methyl sites for hydroxylation is 1. The molecule has 18 heavy (non-hydrogen) atoms. The molecule has 0 aliphatic heterocycles. The maximum absolute atomic E-state index is 5.84. The lowest BCUT2D eigenvalue weighted by Crippen LogP contribution is -2.22. The van der Waals surface area contributed by atoms with Gasteiger partial charge in [0.15, 0.2) is 0 Å². The first-order valence-electron chi connectivity index (χ1n) is 6.42. The Kier molecular flexibility index (Phi) is 3.10. The zero-order chi connectivity index (χ0) is 12.5. The SMILES string of the molecule is C[C@H](NC1CCc2cc(N)ccc21)c1cccs1. The lowest BCUT2D eigenvalue weighted by molar-refractivity contribution is 0.469. The largest absolute Gasteiger partial charge is 0.399 e. The second-order valence-corrected chi connectivity index (χ2v) is 5.93. The van der Waals surface area contributed by atoms with E-state index in [2.05, 4.69) is 41.9 Å². The molecule has 1 heterocycles. The van der Waals surface area contributed by atoms with Crippen LogP contribution in [0.25, 0.3) is 0 Å². The first kappa shape index (κ1) is 11.8. The van der Waals surface area contributed by atoms with E-state index in [0.717, 1.165) is 12.1 Å². The van der Waals surface area contributed by atoms with Gasteiger partial charge < -0.3 is 11.1 Å². The van der Waals surface area contributed by atoms with Gasteiger partial charge in [-0.3, -0.25) is 0 Å². The van der Waals surface area contributed by atoms with Gasteiger partial charge in [0.2, 0.25) is 0 Å². The first-order chi connectivity index (χ1) is 8.74. The van der Waals surface area contributed by atoms with Crippen molar-refractivity contribution in [2.24, 2.45) is 0 Å². The second-order valence-electron chi connectivity index (χ2n) is 4.95. The van der Waals surface area contributed by atoms with Crippen molar-refractivity contribution in [2.45, 2.75) is 31.8 Å². The summed E-state index contributed by atoms with van der Waals surface area (Å²) in [7, 11) is 0. The van der Waals surface area contributed by atoms with Crippen molar-refractivity contribution in [1.29, 1.82) is 0 Å². The molecule has 2 nitrogen and oxygen atoms in total. The molecule has 1 aliphatic rings. The fourth-order valence-electron chi connectivity index (χ4n) is 2.73. The Labute approximate surface area is 112 Å². The van der Waals surface area contributed by atoms with E-state index in [1.165, 1.54) is 22.4 Å². The quantitative estimate of drug-likeness (QED) is 0.824. The van der Waals surface area contributed by atoms with Gasteiger partial charge in [0.05, 0.1) is 0 Å². The molecule has 94 valence electrons. The molecule has 0 saturated heterocycles. The van der Waals surface area contributed by atoms with E-state index in [4.69, 9.17) is 5.73 Å². The van der Waals surface area contributed by atoms with Gasteiger partial charge in [0, 0.05) is 22.6 Å². The van der Waals surface area contributed by atoms with E-state index >= 15 is 0 Å². The number of thiophene rings is 1. The fraction of sp³-hybridized carbons (Fsp3) is 0.333. The molecule has 0 fully saturated rings. The third-order valence-electron chi connectivity index (χ3n) is 3.67. The summed E-state index contributed by atoms with van der Waals surface area (Å²) in [6.45, 7) is 2.24. The van der Waals surface area contributed by atoms with E-state index in [-0.39, 0.29) is 0 Å².